The van der Waals surface area contributed by atoms with Crippen molar-refractivity contribution in [2.24, 2.45) is 5.92 Å². The molecular formula is C14H28N2O2. The van der Waals surface area contributed by atoms with E-state index in [-0.39, 0.29) is 11.8 Å². The van der Waals surface area contributed by atoms with E-state index in [9.17, 15) is 9.90 Å². The van der Waals surface area contributed by atoms with Gasteiger partial charge in [0, 0.05) is 12.6 Å². The molecule has 0 saturated heterocycles. The molecule has 0 aliphatic heterocycles. The standard InChI is InChI=1S/C14H28N2O2/c1-5-11(3)14(4,18)10-15-13(17)9-16(6-2)12-7-8-12/h11-12,18H,5-10H2,1-4H3,(H,15,17). The van der Waals surface area contributed by atoms with Gasteiger partial charge >= 0.3 is 0 Å². The average Bonchev–Trinajstić information content (AvgIpc) is 3.16. The first-order valence-electron chi connectivity index (χ1n) is 7.13. The fourth-order valence-electron chi connectivity index (χ4n) is 2.07. The number of hydrogen-bond donors (Lipinski definition) is 2. The lowest BCUT2D eigenvalue weighted by Gasteiger charge is -2.30. The van der Waals surface area contributed by atoms with Crippen molar-refractivity contribution in [3.05, 3.63) is 0 Å². The van der Waals surface area contributed by atoms with Gasteiger partial charge in [0.15, 0.2) is 0 Å². The Bertz CT molecular complexity index is 275. The molecule has 1 aliphatic carbocycles. The highest BCUT2D eigenvalue weighted by Gasteiger charge is 2.30. The van der Waals surface area contributed by atoms with Crippen molar-refractivity contribution in [1.29, 1.82) is 0 Å². The fourth-order valence-corrected chi connectivity index (χ4v) is 2.07. The van der Waals surface area contributed by atoms with Crippen LogP contribution in [-0.4, -0.2) is 47.2 Å². The van der Waals surface area contributed by atoms with E-state index in [1.807, 2.05) is 13.8 Å². The zero-order chi connectivity index (χ0) is 13.8. The van der Waals surface area contributed by atoms with Crippen molar-refractivity contribution in [3.63, 3.8) is 0 Å². The summed E-state index contributed by atoms with van der Waals surface area (Å²) in [6.45, 7) is 9.64. The zero-order valence-electron chi connectivity index (χ0n) is 12.2. The third-order valence-corrected chi connectivity index (χ3v) is 4.13. The molecule has 0 aromatic heterocycles. The van der Waals surface area contributed by atoms with Crippen LogP contribution >= 0.6 is 0 Å². The van der Waals surface area contributed by atoms with E-state index in [4.69, 9.17) is 0 Å². The highest BCUT2D eigenvalue weighted by molar-refractivity contribution is 5.78. The van der Waals surface area contributed by atoms with Gasteiger partial charge in [0.05, 0.1) is 12.1 Å². The van der Waals surface area contributed by atoms with Crippen molar-refractivity contribution >= 4 is 5.91 Å². The van der Waals surface area contributed by atoms with Crippen LogP contribution in [-0.2, 0) is 4.79 Å². The van der Waals surface area contributed by atoms with Gasteiger partial charge < -0.3 is 10.4 Å². The van der Waals surface area contributed by atoms with E-state index in [0.717, 1.165) is 13.0 Å². The predicted octanol–water partition coefficient (Wildman–Crippen LogP) is 1.38. The van der Waals surface area contributed by atoms with Crippen LogP contribution in [0.25, 0.3) is 0 Å². The topological polar surface area (TPSA) is 52.6 Å². The number of rotatable bonds is 8. The smallest absolute Gasteiger partial charge is 0.234 e. The Morgan fingerprint density at radius 2 is 2.11 bits per heavy atom. The molecule has 0 spiro atoms. The molecule has 0 aromatic rings. The molecule has 0 bridgehead atoms. The molecule has 106 valence electrons. The molecule has 2 unspecified atom stereocenters. The molecule has 4 nitrogen and oxygen atoms in total. The van der Waals surface area contributed by atoms with Gasteiger partial charge in [-0.3, -0.25) is 9.69 Å². The van der Waals surface area contributed by atoms with Crippen molar-refractivity contribution in [2.75, 3.05) is 19.6 Å². The highest BCUT2D eigenvalue weighted by atomic mass is 16.3. The summed E-state index contributed by atoms with van der Waals surface area (Å²) in [7, 11) is 0. The molecule has 0 heterocycles. The summed E-state index contributed by atoms with van der Waals surface area (Å²) in [4.78, 5) is 14.0. The summed E-state index contributed by atoms with van der Waals surface area (Å²) in [5.41, 5.74) is -0.818. The third-order valence-electron chi connectivity index (χ3n) is 4.13. The minimum atomic E-state index is -0.818. The highest BCUT2D eigenvalue weighted by Crippen LogP contribution is 2.26. The maximum Gasteiger partial charge on any atom is 0.234 e. The van der Waals surface area contributed by atoms with E-state index in [1.54, 1.807) is 6.92 Å². The number of hydrogen-bond acceptors (Lipinski definition) is 3. The first kappa shape index (κ1) is 15.4. The van der Waals surface area contributed by atoms with Crippen LogP contribution in [0.15, 0.2) is 0 Å². The summed E-state index contributed by atoms with van der Waals surface area (Å²) in [6, 6.07) is 0.607. The summed E-state index contributed by atoms with van der Waals surface area (Å²) < 4.78 is 0. The monoisotopic (exact) mass is 256 g/mol. The van der Waals surface area contributed by atoms with Crippen LogP contribution in [0.2, 0.25) is 0 Å². The van der Waals surface area contributed by atoms with E-state index in [1.165, 1.54) is 12.8 Å². The second kappa shape index (κ2) is 6.53. The SMILES string of the molecule is CCC(C)C(C)(O)CNC(=O)CN(CC)C1CC1. The summed E-state index contributed by atoms with van der Waals surface area (Å²) in [6.07, 6.45) is 3.34. The van der Waals surface area contributed by atoms with Crippen molar-refractivity contribution in [1.82, 2.24) is 10.2 Å². The van der Waals surface area contributed by atoms with E-state index in [0.29, 0.717) is 19.1 Å². The van der Waals surface area contributed by atoms with Gasteiger partial charge in [0.1, 0.15) is 0 Å². The molecule has 18 heavy (non-hydrogen) atoms. The molecule has 1 rings (SSSR count). The molecule has 0 aromatic carbocycles. The Balaban J connectivity index is 2.31. The number of nitrogens with zero attached hydrogens (tertiary/aromatic N) is 1. The lowest BCUT2D eigenvalue weighted by atomic mass is 9.89. The van der Waals surface area contributed by atoms with Gasteiger partial charge in [-0.05, 0) is 32.2 Å². The summed E-state index contributed by atoms with van der Waals surface area (Å²) in [5, 5.41) is 13.1. The fraction of sp³-hybridized carbons (Fsp3) is 0.929. The Morgan fingerprint density at radius 3 is 2.56 bits per heavy atom. The molecule has 0 radical (unpaired) electrons. The molecule has 4 heteroatoms. The molecule has 2 N–H and O–H groups in total. The summed E-state index contributed by atoms with van der Waals surface area (Å²) >= 11 is 0. The second-order valence-corrected chi connectivity index (χ2v) is 5.74. The van der Waals surface area contributed by atoms with Crippen LogP contribution < -0.4 is 5.32 Å². The normalized spacial score (nSPS) is 20.6. The predicted molar refractivity (Wildman–Crippen MR) is 73.4 cm³/mol. The number of likely N-dealkylation sites (N-methyl/N-ethyl adjacent to an activating group) is 1. The van der Waals surface area contributed by atoms with Crippen molar-refractivity contribution < 1.29 is 9.90 Å². The number of carbonyl (C=O) groups excluding carboxylic acids is 1. The van der Waals surface area contributed by atoms with Crippen molar-refractivity contribution in [3.8, 4) is 0 Å². The Kier molecular flexibility index (Phi) is 5.60. The minimum absolute atomic E-state index is 0.0207. The lowest BCUT2D eigenvalue weighted by molar-refractivity contribution is -0.124. The first-order chi connectivity index (χ1) is 8.40. The minimum Gasteiger partial charge on any atom is -0.388 e. The quantitative estimate of drug-likeness (QED) is 0.690. The van der Waals surface area contributed by atoms with Crippen LogP contribution in [0.4, 0.5) is 0 Å². The van der Waals surface area contributed by atoms with Gasteiger partial charge in [0.25, 0.3) is 0 Å². The number of carbonyl (C=O) groups is 1. The van der Waals surface area contributed by atoms with E-state index in [2.05, 4.69) is 17.1 Å². The second-order valence-electron chi connectivity index (χ2n) is 5.74. The molecule has 1 amide bonds. The molecule has 1 aliphatic rings. The van der Waals surface area contributed by atoms with Gasteiger partial charge in [-0.15, -0.1) is 0 Å². The third kappa shape index (κ3) is 4.58. The molecule has 2 atom stereocenters. The first-order valence-corrected chi connectivity index (χ1v) is 7.13. The largest absolute Gasteiger partial charge is 0.388 e. The van der Waals surface area contributed by atoms with Gasteiger partial charge in [-0.2, -0.15) is 0 Å². The molecular weight excluding hydrogens is 228 g/mol. The zero-order valence-corrected chi connectivity index (χ0v) is 12.2. The van der Waals surface area contributed by atoms with Crippen LogP contribution in [0.1, 0.15) is 47.0 Å². The van der Waals surface area contributed by atoms with Crippen molar-refractivity contribution in [2.45, 2.75) is 58.6 Å². The van der Waals surface area contributed by atoms with Gasteiger partial charge in [0.2, 0.25) is 5.91 Å². The Morgan fingerprint density at radius 1 is 1.50 bits per heavy atom. The van der Waals surface area contributed by atoms with Crippen LogP contribution in [0, 0.1) is 5.92 Å². The number of nitrogens with one attached hydrogen (secondary N) is 1. The van der Waals surface area contributed by atoms with E-state index >= 15 is 0 Å². The lowest BCUT2D eigenvalue weighted by Crippen LogP contribution is -2.47. The number of aliphatic hydroxyl groups is 1. The van der Waals surface area contributed by atoms with Crippen LogP contribution in [0.5, 0.6) is 0 Å². The van der Waals surface area contributed by atoms with Crippen LogP contribution in [0.3, 0.4) is 0 Å². The van der Waals surface area contributed by atoms with E-state index < -0.39 is 5.60 Å². The maximum atomic E-state index is 11.8. The summed E-state index contributed by atoms with van der Waals surface area (Å²) in [5.74, 6) is 0.204. The van der Waals surface area contributed by atoms with Gasteiger partial charge in [-0.25, -0.2) is 0 Å². The average molecular weight is 256 g/mol. The maximum absolute atomic E-state index is 11.8. The van der Waals surface area contributed by atoms with Gasteiger partial charge in [-0.1, -0.05) is 27.2 Å². The molecule has 1 saturated carbocycles. The number of amides is 1. The molecule has 1 fully saturated rings. The Hall–Kier alpha value is -0.610. The Labute approximate surface area is 111 Å².